The summed E-state index contributed by atoms with van der Waals surface area (Å²) in [6.45, 7) is 2.08. The lowest BCUT2D eigenvalue weighted by atomic mass is 10.1. The zero-order chi connectivity index (χ0) is 15.4. The third-order valence-electron chi connectivity index (χ3n) is 4.39. The van der Waals surface area contributed by atoms with Crippen LogP contribution in [0.2, 0.25) is 0 Å². The highest BCUT2D eigenvalue weighted by Gasteiger charge is 2.11. The Morgan fingerprint density at radius 1 is 0.870 bits per heavy atom. The summed E-state index contributed by atoms with van der Waals surface area (Å²) in [6.07, 6.45) is 0. The van der Waals surface area contributed by atoms with Crippen molar-refractivity contribution in [2.45, 2.75) is 6.92 Å². The third kappa shape index (κ3) is 1.83. The lowest BCUT2D eigenvalue weighted by Crippen LogP contribution is -1.94. The molecular weight excluding hydrogens is 300 g/mol. The first-order valence-corrected chi connectivity index (χ1v) is 8.54. The van der Waals surface area contributed by atoms with Crippen molar-refractivity contribution in [2.24, 2.45) is 0 Å². The first-order chi connectivity index (χ1) is 11.3. The molecule has 0 unspecified atom stereocenters. The molecule has 2 nitrogen and oxygen atoms in total. The van der Waals surface area contributed by atoms with Crippen LogP contribution in [0, 0.1) is 6.92 Å². The monoisotopic (exact) mass is 314 g/mol. The van der Waals surface area contributed by atoms with Gasteiger partial charge in [-0.05, 0) is 54.3 Å². The van der Waals surface area contributed by atoms with Gasteiger partial charge in [0.15, 0.2) is 0 Å². The van der Waals surface area contributed by atoms with E-state index < -0.39 is 0 Å². The lowest BCUT2D eigenvalue weighted by Gasteiger charge is -2.06. The van der Waals surface area contributed by atoms with Gasteiger partial charge in [0.2, 0.25) is 0 Å². The molecule has 5 rings (SSSR count). The Hall–Kier alpha value is -2.65. The number of benzene rings is 2. The third-order valence-corrected chi connectivity index (χ3v) is 5.31. The SMILES string of the molecule is Cc1nc2ccccc2n2c1cc1cc(-c3cccs3)ccc12. The Balaban J connectivity index is 1.92. The van der Waals surface area contributed by atoms with E-state index >= 15 is 0 Å². The average Bonchev–Trinajstić information content (AvgIpc) is 3.22. The van der Waals surface area contributed by atoms with Gasteiger partial charge in [-0.2, -0.15) is 0 Å². The molecule has 0 aliphatic heterocycles. The van der Waals surface area contributed by atoms with E-state index in [1.54, 1.807) is 11.3 Å². The molecule has 110 valence electrons. The fourth-order valence-corrected chi connectivity index (χ4v) is 4.05. The van der Waals surface area contributed by atoms with Crippen LogP contribution in [0.5, 0.6) is 0 Å². The maximum Gasteiger partial charge on any atom is 0.0874 e. The molecule has 0 aliphatic carbocycles. The summed E-state index contributed by atoms with van der Waals surface area (Å²) < 4.78 is 2.32. The predicted molar refractivity (Wildman–Crippen MR) is 98.3 cm³/mol. The first kappa shape index (κ1) is 12.9. The average molecular weight is 314 g/mol. The molecule has 0 saturated carbocycles. The second-order valence-electron chi connectivity index (χ2n) is 5.80. The zero-order valence-electron chi connectivity index (χ0n) is 12.7. The summed E-state index contributed by atoms with van der Waals surface area (Å²) in [5.41, 5.74) is 6.96. The van der Waals surface area contributed by atoms with Crippen LogP contribution in [0.3, 0.4) is 0 Å². The van der Waals surface area contributed by atoms with E-state index in [4.69, 9.17) is 4.98 Å². The summed E-state index contributed by atoms with van der Waals surface area (Å²) in [7, 11) is 0. The van der Waals surface area contributed by atoms with Crippen molar-refractivity contribution in [1.29, 1.82) is 0 Å². The second kappa shape index (κ2) is 4.67. The fourth-order valence-electron chi connectivity index (χ4n) is 3.32. The minimum Gasteiger partial charge on any atom is -0.306 e. The Bertz CT molecular complexity index is 1170. The first-order valence-electron chi connectivity index (χ1n) is 7.66. The number of hydrogen-bond donors (Lipinski definition) is 0. The maximum absolute atomic E-state index is 4.75. The molecule has 0 atom stereocenters. The van der Waals surface area contributed by atoms with E-state index in [1.807, 2.05) is 6.07 Å². The molecule has 23 heavy (non-hydrogen) atoms. The van der Waals surface area contributed by atoms with Crippen LogP contribution in [0.1, 0.15) is 5.69 Å². The normalized spacial score (nSPS) is 11.7. The molecule has 5 aromatic rings. The van der Waals surface area contributed by atoms with Crippen LogP contribution in [-0.2, 0) is 0 Å². The molecular formula is C20H14N2S. The molecule has 0 aliphatic rings. The number of nitrogens with zero attached hydrogens (tertiary/aromatic N) is 2. The van der Waals surface area contributed by atoms with Crippen molar-refractivity contribution >= 4 is 38.8 Å². The molecule has 3 heterocycles. The largest absolute Gasteiger partial charge is 0.306 e. The quantitative estimate of drug-likeness (QED) is 0.389. The van der Waals surface area contributed by atoms with E-state index in [9.17, 15) is 0 Å². The lowest BCUT2D eigenvalue weighted by molar-refractivity contribution is 1.19. The number of thiophene rings is 1. The van der Waals surface area contributed by atoms with Crippen molar-refractivity contribution in [1.82, 2.24) is 9.38 Å². The van der Waals surface area contributed by atoms with E-state index in [-0.39, 0.29) is 0 Å². The van der Waals surface area contributed by atoms with Gasteiger partial charge in [0.05, 0.1) is 27.8 Å². The topological polar surface area (TPSA) is 17.3 Å². The van der Waals surface area contributed by atoms with Crippen LogP contribution in [-0.4, -0.2) is 9.38 Å². The molecule has 0 N–H and O–H groups in total. The number of aryl methyl sites for hydroxylation is 1. The maximum atomic E-state index is 4.75. The predicted octanol–water partition coefficient (Wildman–Crippen LogP) is 5.68. The van der Waals surface area contributed by atoms with E-state index in [1.165, 1.54) is 26.9 Å². The Kier molecular flexibility index (Phi) is 2.61. The Morgan fingerprint density at radius 2 is 1.78 bits per heavy atom. The summed E-state index contributed by atoms with van der Waals surface area (Å²) in [6, 6.07) is 21.6. The van der Waals surface area contributed by atoms with Gasteiger partial charge in [-0.15, -0.1) is 11.3 Å². The molecule has 0 spiro atoms. The fraction of sp³-hybridized carbons (Fsp3) is 0.0500. The number of rotatable bonds is 1. The van der Waals surface area contributed by atoms with Crippen LogP contribution < -0.4 is 0 Å². The Labute approximate surface area is 137 Å². The van der Waals surface area contributed by atoms with Crippen LogP contribution >= 0.6 is 11.3 Å². The second-order valence-corrected chi connectivity index (χ2v) is 6.75. The summed E-state index contributed by atoms with van der Waals surface area (Å²) in [5, 5.41) is 3.38. The number of hydrogen-bond acceptors (Lipinski definition) is 2. The summed E-state index contributed by atoms with van der Waals surface area (Å²) >= 11 is 1.78. The zero-order valence-corrected chi connectivity index (χ0v) is 13.5. The van der Waals surface area contributed by atoms with Crippen LogP contribution in [0.25, 0.3) is 37.9 Å². The van der Waals surface area contributed by atoms with Crippen molar-refractivity contribution < 1.29 is 0 Å². The molecule has 2 aromatic carbocycles. The van der Waals surface area contributed by atoms with Gasteiger partial charge in [0, 0.05) is 10.3 Å². The van der Waals surface area contributed by atoms with Gasteiger partial charge in [-0.3, -0.25) is 0 Å². The van der Waals surface area contributed by atoms with Crippen molar-refractivity contribution in [3.8, 4) is 10.4 Å². The smallest absolute Gasteiger partial charge is 0.0874 e. The van der Waals surface area contributed by atoms with Crippen molar-refractivity contribution in [3.63, 3.8) is 0 Å². The number of para-hydroxylation sites is 2. The van der Waals surface area contributed by atoms with Gasteiger partial charge in [0.1, 0.15) is 0 Å². The van der Waals surface area contributed by atoms with Crippen LogP contribution in [0.15, 0.2) is 66.0 Å². The number of fused-ring (bicyclic) bond motifs is 5. The van der Waals surface area contributed by atoms with Gasteiger partial charge < -0.3 is 4.40 Å². The highest BCUT2D eigenvalue weighted by atomic mass is 32.1. The van der Waals surface area contributed by atoms with Crippen LogP contribution in [0.4, 0.5) is 0 Å². The number of aromatic nitrogens is 2. The van der Waals surface area contributed by atoms with E-state index in [2.05, 4.69) is 71.3 Å². The summed E-state index contributed by atoms with van der Waals surface area (Å²) in [4.78, 5) is 6.06. The Morgan fingerprint density at radius 3 is 2.65 bits per heavy atom. The molecule has 0 saturated heterocycles. The highest BCUT2D eigenvalue weighted by Crippen LogP contribution is 2.31. The van der Waals surface area contributed by atoms with Crippen molar-refractivity contribution in [3.05, 3.63) is 71.7 Å². The minimum absolute atomic E-state index is 1.04. The molecule has 0 fully saturated rings. The molecule has 0 bridgehead atoms. The highest BCUT2D eigenvalue weighted by molar-refractivity contribution is 7.13. The van der Waals surface area contributed by atoms with E-state index in [0.29, 0.717) is 0 Å². The summed E-state index contributed by atoms with van der Waals surface area (Å²) in [5.74, 6) is 0. The van der Waals surface area contributed by atoms with E-state index in [0.717, 1.165) is 16.7 Å². The molecule has 3 aromatic heterocycles. The van der Waals surface area contributed by atoms with Gasteiger partial charge in [0.25, 0.3) is 0 Å². The van der Waals surface area contributed by atoms with Crippen molar-refractivity contribution in [2.75, 3.05) is 0 Å². The minimum atomic E-state index is 1.04. The molecule has 0 amide bonds. The van der Waals surface area contributed by atoms with Gasteiger partial charge >= 0.3 is 0 Å². The standard InChI is InChI=1S/C20H14N2S/c1-13-19-12-15-11-14(20-7-4-10-23-20)8-9-17(15)22(19)18-6-3-2-5-16(18)21-13/h2-12H,1H3. The van der Waals surface area contributed by atoms with Gasteiger partial charge in [-0.25, -0.2) is 4.98 Å². The van der Waals surface area contributed by atoms with Gasteiger partial charge in [-0.1, -0.05) is 24.3 Å². The molecule has 0 radical (unpaired) electrons. The molecule has 3 heteroatoms.